The lowest BCUT2D eigenvalue weighted by atomic mass is 9.87. The Morgan fingerprint density at radius 2 is 0.955 bits per heavy atom. The van der Waals surface area contributed by atoms with Crippen LogP contribution in [0.4, 0.5) is 0 Å². The molecule has 0 fully saturated rings. The average Bonchev–Trinajstić information content (AvgIpc) is 3.12. The second-order valence-corrected chi connectivity index (χ2v) is 10.8. The molecule has 5 aromatic carbocycles. The van der Waals surface area contributed by atoms with E-state index in [4.69, 9.17) is 4.98 Å². The predicted molar refractivity (Wildman–Crippen MR) is 180 cm³/mol. The molecular formula is C40H26N4. The molecule has 0 bridgehead atoms. The summed E-state index contributed by atoms with van der Waals surface area (Å²) >= 11 is 0. The SMILES string of the molecule is c1ccc(-c2ncc(-c3cccc(-c4cccc(-c5cnc6c(ccc7cccnc76)c5)c4-c4ccccc4)c3)cn2)cc1. The van der Waals surface area contributed by atoms with Gasteiger partial charge in [0.25, 0.3) is 0 Å². The van der Waals surface area contributed by atoms with Crippen LogP contribution >= 0.6 is 0 Å². The van der Waals surface area contributed by atoms with Crippen LogP contribution in [-0.4, -0.2) is 19.9 Å². The maximum absolute atomic E-state index is 4.93. The molecule has 8 rings (SSSR count). The van der Waals surface area contributed by atoms with E-state index in [-0.39, 0.29) is 0 Å². The molecule has 0 saturated carbocycles. The molecule has 4 heteroatoms. The van der Waals surface area contributed by atoms with Gasteiger partial charge in [0.1, 0.15) is 0 Å². The van der Waals surface area contributed by atoms with Gasteiger partial charge in [-0.05, 0) is 51.6 Å². The molecule has 206 valence electrons. The summed E-state index contributed by atoms with van der Waals surface area (Å²) in [6.45, 7) is 0. The summed E-state index contributed by atoms with van der Waals surface area (Å²) in [7, 11) is 0. The molecule has 4 nitrogen and oxygen atoms in total. The van der Waals surface area contributed by atoms with Gasteiger partial charge in [-0.2, -0.15) is 0 Å². The Kier molecular flexibility index (Phi) is 6.43. The lowest BCUT2D eigenvalue weighted by Crippen LogP contribution is -1.93. The third-order valence-electron chi connectivity index (χ3n) is 8.05. The number of aromatic nitrogens is 4. The van der Waals surface area contributed by atoms with Crippen LogP contribution < -0.4 is 0 Å². The van der Waals surface area contributed by atoms with E-state index in [0.717, 1.165) is 72.1 Å². The quantitative estimate of drug-likeness (QED) is 0.196. The number of nitrogens with zero attached hydrogens (tertiary/aromatic N) is 4. The van der Waals surface area contributed by atoms with Crippen LogP contribution in [0.15, 0.2) is 158 Å². The molecule has 0 unspecified atom stereocenters. The summed E-state index contributed by atoms with van der Waals surface area (Å²) in [5.41, 5.74) is 11.7. The fourth-order valence-electron chi connectivity index (χ4n) is 5.91. The third kappa shape index (κ3) is 4.69. The van der Waals surface area contributed by atoms with Gasteiger partial charge in [-0.3, -0.25) is 9.97 Å². The van der Waals surface area contributed by atoms with Crippen LogP contribution in [0.2, 0.25) is 0 Å². The van der Waals surface area contributed by atoms with Gasteiger partial charge in [0.2, 0.25) is 0 Å². The van der Waals surface area contributed by atoms with Gasteiger partial charge in [-0.15, -0.1) is 0 Å². The topological polar surface area (TPSA) is 51.6 Å². The molecule has 44 heavy (non-hydrogen) atoms. The highest BCUT2D eigenvalue weighted by molar-refractivity contribution is 6.04. The van der Waals surface area contributed by atoms with E-state index in [1.165, 1.54) is 5.56 Å². The van der Waals surface area contributed by atoms with Crippen LogP contribution in [0.1, 0.15) is 0 Å². The Bertz CT molecular complexity index is 2260. The molecule has 0 saturated heterocycles. The van der Waals surface area contributed by atoms with E-state index >= 15 is 0 Å². The maximum Gasteiger partial charge on any atom is 0.159 e. The molecule has 0 aliphatic carbocycles. The first kappa shape index (κ1) is 25.7. The summed E-state index contributed by atoms with van der Waals surface area (Å²) in [4.78, 5) is 18.9. The molecule has 0 radical (unpaired) electrons. The second-order valence-electron chi connectivity index (χ2n) is 10.8. The van der Waals surface area contributed by atoms with Crippen molar-refractivity contribution >= 4 is 21.8 Å². The van der Waals surface area contributed by atoms with E-state index in [9.17, 15) is 0 Å². The minimum Gasteiger partial charge on any atom is -0.254 e. The number of hydrogen-bond acceptors (Lipinski definition) is 4. The van der Waals surface area contributed by atoms with Crippen molar-refractivity contribution in [3.8, 4) is 55.9 Å². The van der Waals surface area contributed by atoms with E-state index in [2.05, 4.69) is 112 Å². The third-order valence-corrected chi connectivity index (χ3v) is 8.05. The Morgan fingerprint density at radius 1 is 0.341 bits per heavy atom. The van der Waals surface area contributed by atoms with Gasteiger partial charge in [-0.1, -0.05) is 115 Å². The molecule has 0 aliphatic heterocycles. The van der Waals surface area contributed by atoms with Crippen LogP contribution in [0.3, 0.4) is 0 Å². The van der Waals surface area contributed by atoms with Gasteiger partial charge in [-0.25, -0.2) is 9.97 Å². The predicted octanol–water partition coefficient (Wildman–Crippen LogP) is 9.91. The summed E-state index contributed by atoms with van der Waals surface area (Å²) in [6, 6.07) is 46.3. The monoisotopic (exact) mass is 562 g/mol. The molecule has 3 aromatic heterocycles. The molecule has 0 aliphatic rings. The van der Waals surface area contributed by atoms with Crippen molar-refractivity contribution in [2.24, 2.45) is 0 Å². The van der Waals surface area contributed by atoms with Crippen molar-refractivity contribution < 1.29 is 0 Å². The molecule has 8 aromatic rings. The van der Waals surface area contributed by atoms with Crippen LogP contribution in [-0.2, 0) is 0 Å². The van der Waals surface area contributed by atoms with Crippen LogP contribution in [0.5, 0.6) is 0 Å². The fraction of sp³-hybridized carbons (Fsp3) is 0. The fourth-order valence-corrected chi connectivity index (χ4v) is 5.91. The van der Waals surface area contributed by atoms with Crippen molar-refractivity contribution in [2.45, 2.75) is 0 Å². The first-order valence-electron chi connectivity index (χ1n) is 14.6. The zero-order valence-electron chi connectivity index (χ0n) is 23.8. The van der Waals surface area contributed by atoms with Crippen molar-refractivity contribution in [3.63, 3.8) is 0 Å². The van der Waals surface area contributed by atoms with Gasteiger partial charge in [0, 0.05) is 52.3 Å². The first-order chi connectivity index (χ1) is 21.8. The number of pyridine rings is 2. The minimum atomic E-state index is 0.720. The molecular weight excluding hydrogens is 536 g/mol. The zero-order valence-corrected chi connectivity index (χ0v) is 23.8. The van der Waals surface area contributed by atoms with Crippen LogP contribution in [0.25, 0.3) is 77.7 Å². The Labute approximate surface area is 255 Å². The largest absolute Gasteiger partial charge is 0.254 e. The summed E-state index contributed by atoms with van der Waals surface area (Å²) in [5, 5.41) is 2.16. The van der Waals surface area contributed by atoms with Crippen molar-refractivity contribution in [3.05, 3.63) is 158 Å². The zero-order chi connectivity index (χ0) is 29.3. The minimum absolute atomic E-state index is 0.720. The number of fused-ring (bicyclic) bond motifs is 3. The number of rotatable bonds is 5. The molecule has 0 spiro atoms. The van der Waals surface area contributed by atoms with Crippen molar-refractivity contribution in [1.29, 1.82) is 0 Å². The highest BCUT2D eigenvalue weighted by Crippen LogP contribution is 2.41. The molecule has 0 amide bonds. The van der Waals surface area contributed by atoms with Gasteiger partial charge in [0.05, 0.1) is 11.0 Å². The Balaban J connectivity index is 1.25. The maximum atomic E-state index is 4.93. The lowest BCUT2D eigenvalue weighted by molar-refractivity contribution is 1.18. The summed E-state index contributed by atoms with van der Waals surface area (Å²) in [6.07, 6.45) is 7.61. The van der Waals surface area contributed by atoms with E-state index in [1.807, 2.05) is 61.2 Å². The molecule has 0 N–H and O–H groups in total. The first-order valence-corrected chi connectivity index (χ1v) is 14.6. The number of benzene rings is 5. The highest BCUT2D eigenvalue weighted by atomic mass is 14.9. The van der Waals surface area contributed by atoms with Crippen LogP contribution in [0, 0.1) is 0 Å². The average molecular weight is 563 g/mol. The highest BCUT2D eigenvalue weighted by Gasteiger charge is 2.16. The number of hydrogen-bond donors (Lipinski definition) is 0. The van der Waals surface area contributed by atoms with E-state index in [0.29, 0.717) is 0 Å². The Hall–Kier alpha value is -6.00. The Morgan fingerprint density at radius 3 is 1.75 bits per heavy atom. The lowest BCUT2D eigenvalue weighted by Gasteiger charge is -2.17. The van der Waals surface area contributed by atoms with Gasteiger partial charge in [0.15, 0.2) is 5.82 Å². The normalized spacial score (nSPS) is 11.2. The summed E-state index contributed by atoms with van der Waals surface area (Å²) in [5.74, 6) is 0.720. The van der Waals surface area contributed by atoms with Crippen molar-refractivity contribution in [2.75, 3.05) is 0 Å². The van der Waals surface area contributed by atoms with Gasteiger partial charge >= 0.3 is 0 Å². The second kappa shape index (κ2) is 11.0. The summed E-state index contributed by atoms with van der Waals surface area (Å²) < 4.78 is 0. The standard InChI is InChI=1S/C40H26N4/c1-3-10-27(11-4-1)37-35(31-15-7-14-30(22-31)34-25-43-40(44-26-34)29-12-5-2-6-13-29)17-8-18-36(37)33-23-32-20-19-28-16-9-21-41-38(28)39(32)42-24-33/h1-26H. The van der Waals surface area contributed by atoms with Gasteiger partial charge < -0.3 is 0 Å². The van der Waals surface area contributed by atoms with E-state index < -0.39 is 0 Å². The molecule has 3 heterocycles. The van der Waals surface area contributed by atoms with E-state index in [1.54, 1.807) is 0 Å². The molecule has 0 atom stereocenters. The smallest absolute Gasteiger partial charge is 0.159 e. The van der Waals surface area contributed by atoms with Crippen molar-refractivity contribution in [1.82, 2.24) is 19.9 Å².